The van der Waals surface area contributed by atoms with Crippen LogP contribution in [0, 0.1) is 11.6 Å². The fourth-order valence-corrected chi connectivity index (χ4v) is 2.54. The predicted molar refractivity (Wildman–Crippen MR) is 90.8 cm³/mol. The van der Waals surface area contributed by atoms with Crippen molar-refractivity contribution in [1.82, 2.24) is 5.32 Å². The SMILES string of the molecule is O=C(COC(=O)c1c(F)cccc1F)NCCc1ccc2c(c1)OCCO2. The molecule has 0 fully saturated rings. The largest absolute Gasteiger partial charge is 0.486 e. The average molecular weight is 377 g/mol. The Morgan fingerprint density at radius 2 is 1.74 bits per heavy atom. The van der Waals surface area contributed by atoms with Gasteiger partial charge in [0, 0.05) is 6.54 Å². The number of carbonyl (C=O) groups excluding carboxylic acids is 2. The van der Waals surface area contributed by atoms with Crippen LogP contribution in [0.1, 0.15) is 15.9 Å². The second-order valence-corrected chi connectivity index (χ2v) is 5.75. The number of halogens is 2. The van der Waals surface area contributed by atoms with Gasteiger partial charge in [-0.05, 0) is 36.2 Å². The Morgan fingerprint density at radius 1 is 1.04 bits per heavy atom. The van der Waals surface area contributed by atoms with E-state index in [1.165, 1.54) is 0 Å². The molecular formula is C19H17F2NO5. The van der Waals surface area contributed by atoms with Crippen LogP contribution in [0.3, 0.4) is 0 Å². The van der Waals surface area contributed by atoms with Gasteiger partial charge in [-0.1, -0.05) is 12.1 Å². The Kier molecular flexibility index (Phi) is 5.85. The predicted octanol–water partition coefficient (Wildman–Crippen LogP) is 2.25. The van der Waals surface area contributed by atoms with Gasteiger partial charge in [-0.15, -0.1) is 0 Å². The normalized spacial score (nSPS) is 12.4. The molecule has 3 rings (SSSR count). The van der Waals surface area contributed by atoms with Crippen LogP contribution in [0.5, 0.6) is 11.5 Å². The monoisotopic (exact) mass is 377 g/mol. The van der Waals surface area contributed by atoms with Gasteiger partial charge in [-0.25, -0.2) is 13.6 Å². The molecular weight excluding hydrogens is 360 g/mol. The molecule has 1 amide bonds. The summed E-state index contributed by atoms with van der Waals surface area (Å²) in [7, 11) is 0. The summed E-state index contributed by atoms with van der Waals surface area (Å²) in [6.45, 7) is 0.664. The van der Waals surface area contributed by atoms with E-state index in [4.69, 9.17) is 9.47 Å². The fraction of sp³-hybridized carbons (Fsp3) is 0.263. The molecule has 0 unspecified atom stereocenters. The van der Waals surface area contributed by atoms with E-state index in [1.54, 1.807) is 6.07 Å². The quantitative estimate of drug-likeness (QED) is 0.782. The highest BCUT2D eigenvalue weighted by molar-refractivity contribution is 5.91. The van der Waals surface area contributed by atoms with Crippen molar-refractivity contribution in [2.45, 2.75) is 6.42 Å². The molecule has 0 spiro atoms. The number of amides is 1. The molecule has 1 heterocycles. The average Bonchev–Trinajstić information content (AvgIpc) is 2.66. The summed E-state index contributed by atoms with van der Waals surface area (Å²) in [4.78, 5) is 23.5. The minimum Gasteiger partial charge on any atom is -0.486 e. The lowest BCUT2D eigenvalue weighted by Crippen LogP contribution is -2.30. The second-order valence-electron chi connectivity index (χ2n) is 5.75. The first kappa shape index (κ1) is 18.6. The molecule has 2 aromatic carbocycles. The molecule has 0 saturated carbocycles. The van der Waals surface area contributed by atoms with Crippen molar-refractivity contribution in [2.24, 2.45) is 0 Å². The summed E-state index contributed by atoms with van der Waals surface area (Å²) in [5, 5.41) is 2.57. The molecule has 0 aliphatic carbocycles. The van der Waals surface area contributed by atoms with E-state index in [-0.39, 0.29) is 0 Å². The van der Waals surface area contributed by atoms with Crippen LogP contribution < -0.4 is 14.8 Å². The fourth-order valence-electron chi connectivity index (χ4n) is 2.54. The molecule has 27 heavy (non-hydrogen) atoms. The Labute approximate surface area is 154 Å². The third-order valence-corrected chi connectivity index (χ3v) is 3.84. The zero-order valence-corrected chi connectivity index (χ0v) is 14.3. The summed E-state index contributed by atoms with van der Waals surface area (Å²) in [5.74, 6) is -2.55. The van der Waals surface area contributed by atoms with Crippen LogP contribution in [-0.4, -0.2) is 38.2 Å². The van der Waals surface area contributed by atoms with Gasteiger partial charge in [0.15, 0.2) is 18.1 Å². The van der Waals surface area contributed by atoms with Crippen LogP contribution in [0.4, 0.5) is 8.78 Å². The number of hydrogen-bond acceptors (Lipinski definition) is 5. The summed E-state index contributed by atoms with van der Waals surface area (Å²) < 4.78 is 42.5. The third-order valence-electron chi connectivity index (χ3n) is 3.84. The molecule has 1 N–H and O–H groups in total. The Hall–Kier alpha value is -3.16. The van der Waals surface area contributed by atoms with Crippen molar-refractivity contribution in [3.8, 4) is 11.5 Å². The molecule has 2 aromatic rings. The van der Waals surface area contributed by atoms with E-state index in [9.17, 15) is 18.4 Å². The lowest BCUT2D eigenvalue weighted by molar-refractivity contribution is -0.124. The number of nitrogens with one attached hydrogen (secondary N) is 1. The van der Waals surface area contributed by atoms with E-state index in [2.05, 4.69) is 10.1 Å². The first-order chi connectivity index (χ1) is 13.0. The molecule has 142 valence electrons. The van der Waals surface area contributed by atoms with Gasteiger partial charge in [0.25, 0.3) is 5.91 Å². The van der Waals surface area contributed by atoms with Gasteiger partial charge >= 0.3 is 5.97 Å². The number of fused-ring (bicyclic) bond motifs is 1. The van der Waals surface area contributed by atoms with Gasteiger partial charge < -0.3 is 19.5 Å². The first-order valence-electron chi connectivity index (χ1n) is 8.31. The van der Waals surface area contributed by atoms with Crippen LogP contribution >= 0.6 is 0 Å². The second kappa shape index (κ2) is 8.48. The van der Waals surface area contributed by atoms with E-state index < -0.39 is 35.7 Å². The van der Waals surface area contributed by atoms with E-state index in [1.807, 2.05) is 12.1 Å². The summed E-state index contributed by atoms with van der Waals surface area (Å²) in [5.41, 5.74) is 0.117. The molecule has 8 heteroatoms. The molecule has 0 bridgehead atoms. The number of esters is 1. The smallest absolute Gasteiger partial charge is 0.344 e. The summed E-state index contributed by atoms with van der Waals surface area (Å²) in [6, 6.07) is 8.50. The zero-order valence-electron chi connectivity index (χ0n) is 14.3. The Morgan fingerprint density at radius 3 is 2.48 bits per heavy atom. The van der Waals surface area contributed by atoms with Gasteiger partial charge in [0.1, 0.15) is 30.4 Å². The van der Waals surface area contributed by atoms with Gasteiger partial charge in [0.05, 0.1) is 0 Å². The number of hydrogen-bond donors (Lipinski definition) is 1. The van der Waals surface area contributed by atoms with Crippen LogP contribution in [-0.2, 0) is 16.0 Å². The van der Waals surface area contributed by atoms with E-state index in [0.717, 1.165) is 23.8 Å². The topological polar surface area (TPSA) is 73.9 Å². The number of ether oxygens (including phenoxy) is 3. The molecule has 0 atom stereocenters. The highest BCUT2D eigenvalue weighted by atomic mass is 19.1. The maximum absolute atomic E-state index is 13.5. The van der Waals surface area contributed by atoms with E-state index >= 15 is 0 Å². The molecule has 1 aliphatic heterocycles. The molecule has 0 saturated heterocycles. The Balaban J connectivity index is 1.44. The molecule has 0 aromatic heterocycles. The minimum atomic E-state index is -1.23. The van der Waals surface area contributed by atoms with Crippen LogP contribution in [0.15, 0.2) is 36.4 Å². The minimum absolute atomic E-state index is 0.296. The van der Waals surface area contributed by atoms with Crippen molar-refractivity contribution in [3.63, 3.8) is 0 Å². The van der Waals surface area contributed by atoms with Crippen molar-refractivity contribution in [1.29, 1.82) is 0 Å². The summed E-state index contributed by atoms with van der Waals surface area (Å²) >= 11 is 0. The molecule has 1 aliphatic rings. The summed E-state index contributed by atoms with van der Waals surface area (Å²) in [6.07, 6.45) is 0.526. The highest BCUT2D eigenvalue weighted by Crippen LogP contribution is 2.30. The van der Waals surface area contributed by atoms with Gasteiger partial charge in [-0.2, -0.15) is 0 Å². The van der Waals surface area contributed by atoms with Crippen molar-refractivity contribution < 1.29 is 32.6 Å². The first-order valence-corrected chi connectivity index (χ1v) is 8.31. The zero-order chi connectivity index (χ0) is 19.2. The van der Waals surface area contributed by atoms with E-state index in [0.29, 0.717) is 37.7 Å². The standard InChI is InChI=1S/C19H17F2NO5/c20-13-2-1-3-14(21)18(13)19(24)27-11-17(23)22-7-6-12-4-5-15-16(10-12)26-9-8-25-15/h1-5,10H,6-9,11H2,(H,22,23). The van der Waals surface area contributed by atoms with Crippen LogP contribution in [0.25, 0.3) is 0 Å². The molecule has 0 radical (unpaired) electrons. The van der Waals surface area contributed by atoms with Crippen molar-refractivity contribution >= 4 is 11.9 Å². The number of rotatable bonds is 6. The lowest BCUT2D eigenvalue weighted by atomic mass is 10.1. The molecule has 6 nitrogen and oxygen atoms in total. The maximum Gasteiger partial charge on any atom is 0.344 e. The third kappa shape index (κ3) is 4.72. The highest BCUT2D eigenvalue weighted by Gasteiger charge is 2.19. The van der Waals surface area contributed by atoms with Crippen molar-refractivity contribution in [2.75, 3.05) is 26.4 Å². The lowest BCUT2D eigenvalue weighted by Gasteiger charge is -2.18. The van der Waals surface area contributed by atoms with Gasteiger partial charge in [-0.3, -0.25) is 4.79 Å². The maximum atomic E-state index is 13.5. The van der Waals surface area contributed by atoms with Crippen molar-refractivity contribution in [3.05, 3.63) is 59.2 Å². The van der Waals surface area contributed by atoms with Gasteiger partial charge in [0.2, 0.25) is 0 Å². The van der Waals surface area contributed by atoms with Crippen LogP contribution in [0.2, 0.25) is 0 Å². The number of carbonyl (C=O) groups is 2. The Bertz CT molecular complexity index is 836. The number of benzene rings is 2.